The second kappa shape index (κ2) is 11.1. The van der Waals surface area contributed by atoms with Gasteiger partial charge in [0, 0.05) is 25.3 Å². The molecular formula is C31H29N5O. The quantitative estimate of drug-likeness (QED) is 0.296. The van der Waals surface area contributed by atoms with E-state index in [0.29, 0.717) is 42.3 Å². The Hall–Kier alpha value is -4.47. The molecule has 0 aliphatic rings. The predicted molar refractivity (Wildman–Crippen MR) is 148 cm³/mol. The van der Waals surface area contributed by atoms with Crippen molar-refractivity contribution in [1.82, 2.24) is 19.5 Å². The lowest BCUT2D eigenvalue weighted by atomic mass is 9.99. The van der Waals surface area contributed by atoms with Crippen molar-refractivity contribution >= 4 is 17.0 Å². The molecule has 6 nitrogen and oxygen atoms in total. The van der Waals surface area contributed by atoms with Crippen molar-refractivity contribution in [3.05, 3.63) is 107 Å². The maximum Gasteiger partial charge on any atom is 0.209 e. The van der Waals surface area contributed by atoms with E-state index in [1.54, 1.807) is 6.33 Å². The fraction of sp³-hybridized carbons (Fsp3) is 0.194. The molecule has 2 N–H and O–H groups in total. The maximum absolute atomic E-state index is 9.31. The van der Waals surface area contributed by atoms with E-state index in [1.165, 1.54) is 16.7 Å². The molecule has 2 aromatic heterocycles. The van der Waals surface area contributed by atoms with Crippen molar-refractivity contribution in [2.45, 2.75) is 33.4 Å². The van der Waals surface area contributed by atoms with Gasteiger partial charge in [-0.15, -0.1) is 0 Å². The van der Waals surface area contributed by atoms with Crippen LogP contribution in [0.3, 0.4) is 0 Å². The molecule has 184 valence electrons. The van der Waals surface area contributed by atoms with Gasteiger partial charge in [0.1, 0.15) is 0 Å². The predicted octanol–water partition coefficient (Wildman–Crippen LogP) is 5.50. The topological polar surface area (TPSA) is 75.9 Å². The van der Waals surface area contributed by atoms with Crippen LogP contribution in [0.25, 0.3) is 22.3 Å². The van der Waals surface area contributed by atoms with Crippen LogP contribution in [0.1, 0.15) is 34.5 Å². The first-order valence-corrected chi connectivity index (χ1v) is 12.4. The molecule has 0 aliphatic carbocycles. The van der Waals surface area contributed by atoms with E-state index in [0.717, 1.165) is 16.7 Å². The van der Waals surface area contributed by atoms with Gasteiger partial charge in [0.2, 0.25) is 5.82 Å². The lowest BCUT2D eigenvalue weighted by Gasteiger charge is -2.10. The van der Waals surface area contributed by atoms with Crippen LogP contribution in [0.15, 0.2) is 79.1 Å². The Morgan fingerprint density at radius 3 is 2.51 bits per heavy atom. The highest BCUT2D eigenvalue weighted by Gasteiger charge is 2.13. The first-order valence-electron chi connectivity index (χ1n) is 12.4. The summed E-state index contributed by atoms with van der Waals surface area (Å²) >= 11 is 0. The summed E-state index contributed by atoms with van der Waals surface area (Å²) in [6.45, 7) is 5.47. The second-order valence-corrected chi connectivity index (χ2v) is 9.02. The molecular weight excluding hydrogens is 458 g/mol. The number of aliphatic hydroxyl groups is 1. The zero-order valence-electron chi connectivity index (χ0n) is 21.1. The summed E-state index contributed by atoms with van der Waals surface area (Å²) in [7, 11) is 0. The number of aliphatic hydroxyl groups excluding tert-OH is 1. The van der Waals surface area contributed by atoms with Gasteiger partial charge in [-0.25, -0.2) is 15.0 Å². The number of anilines is 1. The summed E-state index contributed by atoms with van der Waals surface area (Å²) in [5.41, 5.74) is 8.24. The lowest BCUT2D eigenvalue weighted by molar-refractivity contribution is 0.280. The zero-order valence-corrected chi connectivity index (χ0v) is 21.1. The number of benzene rings is 3. The minimum atomic E-state index is 0.104. The second-order valence-electron chi connectivity index (χ2n) is 9.02. The van der Waals surface area contributed by atoms with Crippen molar-refractivity contribution in [3.8, 4) is 23.0 Å². The lowest BCUT2D eigenvalue weighted by Crippen LogP contribution is -2.06. The Kier molecular flexibility index (Phi) is 7.25. The van der Waals surface area contributed by atoms with Crippen LogP contribution >= 0.6 is 0 Å². The minimum absolute atomic E-state index is 0.104. The van der Waals surface area contributed by atoms with E-state index in [2.05, 4.69) is 77.6 Å². The van der Waals surface area contributed by atoms with E-state index in [9.17, 15) is 5.11 Å². The molecule has 6 heteroatoms. The SMILES string of the molecule is Cc1ccccc1C#Cc1nc(NCc2cccc(-c3ccccc3C)c2)c2ncn(CCCO)c2n1. The highest BCUT2D eigenvalue weighted by atomic mass is 16.3. The highest BCUT2D eigenvalue weighted by molar-refractivity contribution is 5.83. The van der Waals surface area contributed by atoms with Gasteiger partial charge in [0.05, 0.1) is 6.33 Å². The summed E-state index contributed by atoms with van der Waals surface area (Å²) in [5, 5.41) is 12.8. The van der Waals surface area contributed by atoms with E-state index in [1.807, 2.05) is 35.8 Å². The van der Waals surface area contributed by atoms with Crippen molar-refractivity contribution in [2.24, 2.45) is 0 Å². The van der Waals surface area contributed by atoms with Crippen LogP contribution in [-0.2, 0) is 13.1 Å². The van der Waals surface area contributed by atoms with Crippen molar-refractivity contribution in [3.63, 3.8) is 0 Å². The molecule has 0 atom stereocenters. The van der Waals surface area contributed by atoms with Crippen molar-refractivity contribution < 1.29 is 5.11 Å². The largest absolute Gasteiger partial charge is 0.396 e. The number of imidazole rings is 1. The number of nitrogens with one attached hydrogen (secondary N) is 1. The van der Waals surface area contributed by atoms with Crippen molar-refractivity contribution in [1.29, 1.82) is 0 Å². The van der Waals surface area contributed by atoms with Gasteiger partial charge in [-0.05, 0) is 66.1 Å². The standard InChI is InChI=1S/C31H29N5O/c1-22-9-3-5-12-25(22)15-16-28-34-30(29-31(35-28)36(21-33-29)17-8-18-37)32-20-24-11-7-13-26(19-24)27-14-6-4-10-23(27)2/h3-7,9-14,19,21,37H,8,17-18,20H2,1-2H3,(H,32,34,35). The molecule has 2 heterocycles. The maximum atomic E-state index is 9.31. The van der Waals surface area contributed by atoms with Gasteiger partial charge < -0.3 is 15.0 Å². The Bertz CT molecular complexity index is 1610. The van der Waals surface area contributed by atoms with Gasteiger partial charge in [0.25, 0.3) is 0 Å². The molecule has 0 amide bonds. The molecule has 0 unspecified atom stereocenters. The summed E-state index contributed by atoms with van der Waals surface area (Å²) in [4.78, 5) is 14.0. The Morgan fingerprint density at radius 1 is 0.892 bits per heavy atom. The van der Waals surface area contributed by atoms with Crippen LogP contribution in [0.2, 0.25) is 0 Å². The van der Waals surface area contributed by atoms with Gasteiger partial charge in [-0.3, -0.25) is 0 Å². The number of aromatic nitrogens is 4. The number of aryl methyl sites for hydroxylation is 3. The van der Waals surface area contributed by atoms with E-state index < -0.39 is 0 Å². The average molecular weight is 488 g/mol. The third-order valence-electron chi connectivity index (χ3n) is 6.32. The van der Waals surface area contributed by atoms with Crippen LogP contribution in [-0.4, -0.2) is 31.2 Å². The molecule has 0 saturated carbocycles. The molecule has 0 spiro atoms. The summed E-state index contributed by atoms with van der Waals surface area (Å²) < 4.78 is 1.94. The number of rotatable bonds is 7. The smallest absolute Gasteiger partial charge is 0.209 e. The molecule has 0 fully saturated rings. The zero-order chi connectivity index (χ0) is 25.6. The van der Waals surface area contributed by atoms with E-state index in [4.69, 9.17) is 9.97 Å². The fourth-order valence-electron chi connectivity index (χ4n) is 4.30. The molecule has 5 aromatic rings. The monoisotopic (exact) mass is 487 g/mol. The Morgan fingerprint density at radius 2 is 1.70 bits per heavy atom. The van der Waals surface area contributed by atoms with Gasteiger partial charge in [0.15, 0.2) is 17.0 Å². The third-order valence-corrected chi connectivity index (χ3v) is 6.32. The number of fused-ring (bicyclic) bond motifs is 1. The molecule has 0 saturated heterocycles. The molecule has 0 aliphatic heterocycles. The normalized spacial score (nSPS) is 10.8. The van der Waals surface area contributed by atoms with Gasteiger partial charge in [-0.1, -0.05) is 66.6 Å². The van der Waals surface area contributed by atoms with Crippen LogP contribution in [0, 0.1) is 25.7 Å². The van der Waals surface area contributed by atoms with E-state index >= 15 is 0 Å². The third kappa shape index (κ3) is 5.53. The minimum Gasteiger partial charge on any atom is -0.396 e. The summed E-state index contributed by atoms with van der Waals surface area (Å²) in [6.07, 6.45) is 2.37. The number of hydrogen-bond acceptors (Lipinski definition) is 5. The van der Waals surface area contributed by atoms with Crippen LogP contribution in [0.4, 0.5) is 5.82 Å². The molecule has 3 aromatic carbocycles. The van der Waals surface area contributed by atoms with Gasteiger partial charge in [-0.2, -0.15) is 0 Å². The summed E-state index contributed by atoms with van der Waals surface area (Å²) in [5.74, 6) is 7.42. The average Bonchev–Trinajstić information content (AvgIpc) is 3.33. The molecule has 0 radical (unpaired) electrons. The number of hydrogen-bond donors (Lipinski definition) is 2. The summed E-state index contributed by atoms with van der Waals surface area (Å²) in [6, 6.07) is 24.9. The first kappa shape index (κ1) is 24.2. The van der Waals surface area contributed by atoms with Crippen molar-refractivity contribution in [2.75, 3.05) is 11.9 Å². The Labute approximate surface area is 217 Å². The Balaban J connectivity index is 1.47. The molecule has 37 heavy (non-hydrogen) atoms. The van der Waals surface area contributed by atoms with Crippen LogP contribution in [0.5, 0.6) is 0 Å². The number of nitrogens with zero attached hydrogens (tertiary/aromatic N) is 4. The highest BCUT2D eigenvalue weighted by Crippen LogP contribution is 2.25. The van der Waals surface area contributed by atoms with E-state index in [-0.39, 0.29) is 6.61 Å². The first-order chi connectivity index (χ1) is 18.1. The van der Waals surface area contributed by atoms with Crippen LogP contribution < -0.4 is 5.32 Å². The fourth-order valence-corrected chi connectivity index (χ4v) is 4.30. The molecule has 0 bridgehead atoms. The molecule has 5 rings (SSSR count). The van der Waals surface area contributed by atoms with Gasteiger partial charge >= 0.3 is 0 Å².